The van der Waals surface area contributed by atoms with Crippen molar-refractivity contribution in [3.8, 4) is 0 Å². The second-order valence-corrected chi connectivity index (χ2v) is 7.45. The smallest absolute Gasteiger partial charge is 0.376 e. The van der Waals surface area contributed by atoms with E-state index in [9.17, 15) is 14.0 Å². The number of anilines is 2. The molecule has 1 amide bonds. The summed E-state index contributed by atoms with van der Waals surface area (Å²) in [4.78, 5) is 39.6. The van der Waals surface area contributed by atoms with Gasteiger partial charge in [-0.2, -0.15) is 15.0 Å². The van der Waals surface area contributed by atoms with Crippen molar-refractivity contribution in [2.24, 2.45) is 5.73 Å². The fraction of sp³-hybridized carbons (Fsp3) is 0.389. The summed E-state index contributed by atoms with van der Waals surface area (Å²) in [6.45, 7) is 3.46. The lowest BCUT2D eigenvalue weighted by atomic mass is 10.0. The van der Waals surface area contributed by atoms with Gasteiger partial charge < -0.3 is 21.1 Å². The molecule has 0 bridgehead atoms. The summed E-state index contributed by atoms with van der Waals surface area (Å²) in [5, 5.41) is 0. The zero-order valence-electron chi connectivity index (χ0n) is 16.2. The number of carbonyl (C=O) groups excluding carboxylic acids is 2. The molecule has 1 aliphatic rings. The highest BCUT2D eigenvalue weighted by Crippen LogP contribution is 2.27. The molecular formula is C18H21BrFN7O3. The number of hydrogen-bond donors (Lipinski definition) is 2. The first kappa shape index (κ1) is 21.8. The third-order valence-electron chi connectivity index (χ3n) is 4.59. The molecule has 4 N–H and O–H groups in total. The van der Waals surface area contributed by atoms with Crippen molar-refractivity contribution >= 4 is 39.7 Å². The van der Waals surface area contributed by atoms with Crippen LogP contribution in [0.5, 0.6) is 0 Å². The van der Waals surface area contributed by atoms with E-state index in [2.05, 4.69) is 30.9 Å². The Balaban J connectivity index is 1.76. The van der Waals surface area contributed by atoms with Crippen LogP contribution >= 0.6 is 15.9 Å². The Labute approximate surface area is 180 Å². The normalized spacial score (nSPS) is 15.6. The maximum Gasteiger partial charge on any atom is 0.376 e. The molecule has 1 aliphatic heterocycles. The molecule has 10 nitrogen and oxygen atoms in total. The summed E-state index contributed by atoms with van der Waals surface area (Å²) in [6.07, 6.45) is 0. The van der Waals surface area contributed by atoms with E-state index in [1.165, 1.54) is 6.07 Å². The van der Waals surface area contributed by atoms with Crippen molar-refractivity contribution in [2.45, 2.75) is 13.0 Å². The summed E-state index contributed by atoms with van der Waals surface area (Å²) in [5.74, 6) is -1.88. The Bertz CT molecular complexity index is 953. The first-order valence-electron chi connectivity index (χ1n) is 9.22. The lowest BCUT2D eigenvalue weighted by Crippen LogP contribution is -2.51. The number of piperazine rings is 1. The van der Waals surface area contributed by atoms with Crippen molar-refractivity contribution in [1.29, 1.82) is 0 Å². The Morgan fingerprint density at radius 3 is 2.53 bits per heavy atom. The Kier molecular flexibility index (Phi) is 6.77. The van der Waals surface area contributed by atoms with Crippen LogP contribution in [0.4, 0.5) is 16.3 Å². The van der Waals surface area contributed by atoms with Crippen LogP contribution in [0.15, 0.2) is 22.7 Å². The zero-order chi connectivity index (χ0) is 21.8. The fourth-order valence-electron chi connectivity index (χ4n) is 3.24. The molecule has 160 valence electrons. The predicted molar refractivity (Wildman–Crippen MR) is 110 cm³/mol. The van der Waals surface area contributed by atoms with Crippen LogP contribution in [-0.4, -0.2) is 64.5 Å². The van der Waals surface area contributed by atoms with E-state index in [4.69, 9.17) is 16.2 Å². The van der Waals surface area contributed by atoms with Crippen LogP contribution < -0.4 is 16.4 Å². The van der Waals surface area contributed by atoms with Crippen LogP contribution in [0.25, 0.3) is 0 Å². The quantitative estimate of drug-likeness (QED) is 0.574. The second kappa shape index (κ2) is 9.30. The summed E-state index contributed by atoms with van der Waals surface area (Å²) in [5.41, 5.74) is 11.5. The van der Waals surface area contributed by atoms with Crippen LogP contribution in [0.2, 0.25) is 0 Å². The molecule has 1 unspecified atom stereocenters. The van der Waals surface area contributed by atoms with Gasteiger partial charge in [-0.05, 0) is 19.1 Å². The molecule has 1 saturated heterocycles. The van der Waals surface area contributed by atoms with E-state index in [-0.39, 0.29) is 29.9 Å². The summed E-state index contributed by atoms with van der Waals surface area (Å²) < 4.78 is 19.9. The van der Waals surface area contributed by atoms with Gasteiger partial charge in [0, 0.05) is 36.2 Å². The third-order valence-corrected chi connectivity index (χ3v) is 5.08. The van der Waals surface area contributed by atoms with Gasteiger partial charge in [0.1, 0.15) is 11.9 Å². The number of nitrogens with two attached hydrogens (primary N) is 2. The highest BCUT2D eigenvalue weighted by atomic mass is 79.9. The van der Waals surface area contributed by atoms with Crippen molar-refractivity contribution in [3.63, 3.8) is 0 Å². The molecule has 12 heteroatoms. The van der Waals surface area contributed by atoms with Crippen LogP contribution in [0, 0.1) is 5.82 Å². The number of nitrogen functional groups attached to an aromatic ring is 1. The average Bonchev–Trinajstić information content (AvgIpc) is 2.70. The van der Waals surface area contributed by atoms with Gasteiger partial charge in [0.25, 0.3) is 0 Å². The minimum atomic E-state index is -0.904. The molecule has 0 radical (unpaired) electrons. The number of ether oxygens (including phenoxy) is 1. The molecule has 2 heterocycles. The molecule has 1 atom stereocenters. The molecule has 0 aliphatic carbocycles. The number of rotatable bonds is 6. The number of primary amides is 1. The Hall–Kier alpha value is -2.86. The summed E-state index contributed by atoms with van der Waals surface area (Å²) in [6, 6.07) is 3.60. The number of hydrogen-bond acceptors (Lipinski definition) is 9. The zero-order valence-corrected chi connectivity index (χ0v) is 17.8. The van der Waals surface area contributed by atoms with Crippen molar-refractivity contribution < 1.29 is 18.7 Å². The molecule has 0 spiro atoms. The molecule has 1 aromatic heterocycles. The average molecular weight is 482 g/mol. The van der Waals surface area contributed by atoms with Crippen LogP contribution in [0.3, 0.4) is 0 Å². The van der Waals surface area contributed by atoms with E-state index in [1.807, 2.05) is 0 Å². The molecular weight excluding hydrogens is 461 g/mol. The van der Waals surface area contributed by atoms with Crippen molar-refractivity contribution in [2.75, 3.05) is 43.4 Å². The van der Waals surface area contributed by atoms with E-state index in [1.54, 1.807) is 28.9 Å². The number of carbonyl (C=O) groups is 2. The van der Waals surface area contributed by atoms with E-state index in [0.29, 0.717) is 30.7 Å². The number of amides is 1. The SMILES string of the molecule is CCOC(=O)c1nc(N)nc(N2CCN(C(C(N)=O)c3ccc(Br)cc3F)CC2)n1. The van der Waals surface area contributed by atoms with Gasteiger partial charge in [-0.25, -0.2) is 9.18 Å². The molecule has 1 aromatic carbocycles. The number of halogens is 2. The predicted octanol–water partition coefficient (Wildman–Crippen LogP) is 0.881. The van der Waals surface area contributed by atoms with Crippen LogP contribution in [0.1, 0.15) is 29.1 Å². The van der Waals surface area contributed by atoms with Crippen molar-refractivity contribution in [1.82, 2.24) is 19.9 Å². The first-order chi connectivity index (χ1) is 14.3. The van der Waals surface area contributed by atoms with Gasteiger partial charge >= 0.3 is 5.97 Å². The highest BCUT2D eigenvalue weighted by Gasteiger charge is 2.32. The lowest BCUT2D eigenvalue weighted by molar-refractivity contribution is -0.123. The number of aromatic nitrogens is 3. The molecule has 0 saturated carbocycles. The molecule has 2 aromatic rings. The summed E-state index contributed by atoms with van der Waals surface area (Å²) in [7, 11) is 0. The van der Waals surface area contributed by atoms with Crippen molar-refractivity contribution in [3.05, 3.63) is 39.9 Å². The number of benzene rings is 1. The van der Waals surface area contributed by atoms with Gasteiger partial charge in [-0.15, -0.1) is 0 Å². The van der Waals surface area contributed by atoms with E-state index in [0.717, 1.165) is 0 Å². The monoisotopic (exact) mass is 481 g/mol. The minimum absolute atomic E-state index is 0.0996. The van der Waals surface area contributed by atoms with E-state index >= 15 is 0 Å². The van der Waals surface area contributed by atoms with E-state index < -0.39 is 23.7 Å². The highest BCUT2D eigenvalue weighted by molar-refractivity contribution is 9.10. The van der Waals surface area contributed by atoms with Gasteiger partial charge in [0.15, 0.2) is 0 Å². The number of nitrogens with zero attached hydrogens (tertiary/aromatic N) is 5. The first-order valence-corrected chi connectivity index (χ1v) is 10.0. The standard InChI is InChI=1S/C18H21BrFN7O3/c1-2-30-16(29)15-23-17(22)25-18(24-15)27-7-5-26(6-8-27)13(14(21)28)11-4-3-10(19)9-12(11)20/h3-4,9,13H,2,5-8H2,1H3,(H2,21,28)(H2,22,23,24,25). The number of esters is 1. The third kappa shape index (κ3) is 4.82. The lowest BCUT2D eigenvalue weighted by Gasteiger charge is -2.38. The largest absolute Gasteiger partial charge is 0.460 e. The molecule has 30 heavy (non-hydrogen) atoms. The maximum atomic E-state index is 14.4. The Morgan fingerprint density at radius 1 is 1.23 bits per heavy atom. The van der Waals surface area contributed by atoms with Gasteiger partial charge in [-0.3, -0.25) is 9.69 Å². The maximum absolute atomic E-state index is 14.4. The van der Waals surface area contributed by atoms with Crippen LogP contribution in [-0.2, 0) is 9.53 Å². The molecule has 1 fully saturated rings. The minimum Gasteiger partial charge on any atom is -0.460 e. The summed E-state index contributed by atoms with van der Waals surface area (Å²) >= 11 is 3.21. The topological polar surface area (TPSA) is 141 Å². The second-order valence-electron chi connectivity index (χ2n) is 6.53. The fourth-order valence-corrected chi connectivity index (χ4v) is 3.58. The van der Waals surface area contributed by atoms with Gasteiger partial charge in [0.05, 0.1) is 6.61 Å². The van der Waals surface area contributed by atoms with Gasteiger partial charge in [-0.1, -0.05) is 22.0 Å². The Morgan fingerprint density at radius 2 is 1.93 bits per heavy atom. The molecule has 3 rings (SSSR count). The van der Waals surface area contributed by atoms with Gasteiger partial charge in [0.2, 0.25) is 23.6 Å².